The van der Waals surface area contributed by atoms with E-state index in [9.17, 15) is 8.42 Å². The lowest BCUT2D eigenvalue weighted by Gasteiger charge is -2.13. The van der Waals surface area contributed by atoms with Gasteiger partial charge in [0, 0.05) is 5.02 Å². The molecule has 20 heavy (non-hydrogen) atoms. The van der Waals surface area contributed by atoms with Crippen LogP contribution in [0.15, 0.2) is 39.8 Å². The average molecular weight is 316 g/mol. The first-order valence-electron chi connectivity index (χ1n) is 5.80. The summed E-state index contributed by atoms with van der Waals surface area (Å²) in [5.41, 5.74) is 0.651. The summed E-state index contributed by atoms with van der Waals surface area (Å²) in [6.07, 6.45) is 1.48. The molecule has 108 valence electrons. The number of hydrogen-bond donors (Lipinski definition) is 1. The minimum atomic E-state index is -3.74. The summed E-state index contributed by atoms with van der Waals surface area (Å²) in [6, 6.07) is 6.38. The van der Waals surface area contributed by atoms with Gasteiger partial charge in [-0.25, -0.2) is 13.1 Å². The van der Waals surface area contributed by atoms with E-state index in [-0.39, 0.29) is 17.2 Å². The predicted octanol–water partition coefficient (Wildman–Crippen LogP) is 2.73. The molecule has 0 aliphatic heterocycles. The molecule has 0 spiro atoms. The van der Waals surface area contributed by atoms with Gasteiger partial charge in [0.15, 0.2) is 0 Å². The van der Waals surface area contributed by atoms with Crippen molar-refractivity contribution in [3.8, 4) is 5.75 Å². The Bertz CT molecular complexity index is 695. The van der Waals surface area contributed by atoms with Gasteiger partial charge in [-0.05, 0) is 36.8 Å². The predicted molar refractivity (Wildman–Crippen MR) is 75.5 cm³/mol. The Labute approximate surface area is 122 Å². The number of halogens is 1. The summed E-state index contributed by atoms with van der Waals surface area (Å²) < 4.78 is 37.3. The quantitative estimate of drug-likeness (QED) is 0.921. The zero-order valence-corrected chi connectivity index (χ0v) is 12.6. The Balaban J connectivity index is 2.33. The number of rotatable bonds is 5. The molecule has 2 aromatic rings. The minimum Gasteiger partial charge on any atom is -0.495 e. The molecule has 0 aliphatic rings. The molecule has 1 heterocycles. The van der Waals surface area contributed by atoms with Crippen LogP contribution in [0, 0.1) is 6.92 Å². The Hall–Kier alpha value is -1.50. The normalized spacial score (nSPS) is 11.6. The third kappa shape index (κ3) is 3.15. The van der Waals surface area contributed by atoms with Crippen molar-refractivity contribution in [3.63, 3.8) is 0 Å². The van der Waals surface area contributed by atoms with Gasteiger partial charge in [-0.1, -0.05) is 11.6 Å². The van der Waals surface area contributed by atoms with Crippen LogP contribution in [0.4, 0.5) is 0 Å². The zero-order chi connectivity index (χ0) is 14.8. The second-order valence-corrected chi connectivity index (χ2v) is 6.33. The van der Waals surface area contributed by atoms with E-state index in [0.29, 0.717) is 16.3 Å². The van der Waals surface area contributed by atoms with Gasteiger partial charge in [-0.15, -0.1) is 0 Å². The molecule has 2 rings (SSSR count). The molecular weight excluding hydrogens is 302 g/mol. The van der Waals surface area contributed by atoms with Crippen molar-refractivity contribution in [1.29, 1.82) is 0 Å². The molecular formula is C13H14ClNO4S. The number of methoxy groups -OCH3 is 1. The molecule has 0 atom stereocenters. The minimum absolute atomic E-state index is 0.0107. The van der Waals surface area contributed by atoms with Crippen LogP contribution in [0.25, 0.3) is 0 Å². The summed E-state index contributed by atoms with van der Waals surface area (Å²) >= 11 is 5.92. The van der Waals surface area contributed by atoms with Crippen LogP contribution < -0.4 is 9.46 Å². The number of ether oxygens (including phenoxy) is 1. The number of aryl methyl sites for hydroxylation is 1. The molecule has 0 unspecified atom stereocenters. The fourth-order valence-electron chi connectivity index (χ4n) is 1.82. The molecule has 0 radical (unpaired) electrons. The van der Waals surface area contributed by atoms with Gasteiger partial charge < -0.3 is 9.15 Å². The number of hydrogen-bond acceptors (Lipinski definition) is 4. The zero-order valence-electron chi connectivity index (χ0n) is 11.0. The van der Waals surface area contributed by atoms with Gasteiger partial charge in [0.2, 0.25) is 10.0 Å². The molecule has 0 aliphatic carbocycles. The van der Waals surface area contributed by atoms with Gasteiger partial charge >= 0.3 is 0 Å². The standard InChI is InChI=1S/C13H14ClNO4S/c1-9-6-10(14)7-12(13(9)18-2)20(16,17)15-8-11-4-3-5-19-11/h3-7,15H,8H2,1-2H3. The molecule has 0 fully saturated rings. The third-order valence-corrected chi connectivity index (χ3v) is 4.34. The number of benzene rings is 1. The molecule has 1 aromatic carbocycles. The van der Waals surface area contributed by atoms with Gasteiger partial charge in [-0.2, -0.15) is 0 Å². The van der Waals surface area contributed by atoms with Crippen LogP contribution in [0.1, 0.15) is 11.3 Å². The Morgan fingerprint density at radius 2 is 2.15 bits per heavy atom. The average Bonchev–Trinajstić information content (AvgIpc) is 2.89. The van der Waals surface area contributed by atoms with Crippen molar-refractivity contribution < 1.29 is 17.6 Å². The number of sulfonamides is 1. The van der Waals surface area contributed by atoms with Gasteiger partial charge in [0.05, 0.1) is 19.9 Å². The van der Waals surface area contributed by atoms with Crippen molar-refractivity contribution in [3.05, 3.63) is 46.9 Å². The van der Waals surface area contributed by atoms with Gasteiger partial charge in [0.1, 0.15) is 16.4 Å². The smallest absolute Gasteiger partial charge is 0.244 e. The van der Waals surface area contributed by atoms with Crippen molar-refractivity contribution in [2.45, 2.75) is 18.4 Å². The topological polar surface area (TPSA) is 68.5 Å². The molecule has 1 N–H and O–H groups in total. The fraction of sp³-hybridized carbons (Fsp3) is 0.231. The first kappa shape index (κ1) is 14.9. The second kappa shape index (κ2) is 5.87. The van der Waals surface area contributed by atoms with Crippen LogP contribution in [-0.4, -0.2) is 15.5 Å². The van der Waals surface area contributed by atoms with E-state index in [1.54, 1.807) is 25.1 Å². The summed E-state index contributed by atoms with van der Waals surface area (Å²) in [6.45, 7) is 1.79. The van der Waals surface area contributed by atoms with Crippen LogP contribution in [0.3, 0.4) is 0 Å². The first-order chi connectivity index (χ1) is 9.44. The van der Waals surface area contributed by atoms with E-state index < -0.39 is 10.0 Å². The van der Waals surface area contributed by atoms with E-state index in [4.69, 9.17) is 20.8 Å². The molecule has 0 saturated carbocycles. The highest BCUT2D eigenvalue weighted by Gasteiger charge is 2.22. The monoisotopic (exact) mass is 315 g/mol. The van der Waals surface area contributed by atoms with E-state index >= 15 is 0 Å². The van der Waals surface area contributed by atoms with E-state index in [1.807, 2.05) is 0 Å². The lowest BCUT2D eigenvalue weighted by molar-refractivity contribution is 0.399. The summed E-state index contributed by atoms with van der Waals surface area (Å²) in [5.74, 6) is 0.799. The molecule has 0 saturated heterocycles. The third-order valence-electron chi connectivity index (χ3n) is 2.72. The largest absolute Gasteiger partial charge is 0.495 e. The van der Waals surface area contributed by atoms with Crippen molar-refractivity contribution >= 4 is 21.6 Å². The van der Waals surface area contributed by atoms with Crippen molar-refractivity contribution in [2.75, 3.05) is 7.11 Å². The van der Waals surface area contributed by atoms with Crippen LogP contribution in [0.2, 0.25) is 5.02 Å². The van der Waals surface area contributed by atoms with Crippen LogP contribution >= 0.6 is 11.6 Å². The Morgan fingerprint density at radius 1 is 1.40 bits per heavy atom. The highest BCUT2D eigenvalue weighted by Crippen LogP contribution is 2.31. The summed E-state index contributed by atoms with van der Waals surface area (Å²) in [4.78, 5) is 0.0107. The first-order valence-corrected chi connectivity index (χ1v) is 7.66. The van der Waals surface area contributed by atoms with Gasteiger partial charge in [-0.3, -0.25) is 0 Å². The maximum atomic E-state index is 12.3. The second-order valence-electron chi connectivity index (χ2n) is 4.16. The lowest BCUT2D eigenvalue weighted by Crippen LogP contribution is -2.23. The maximum Gasteiger partial charge on any atom is 0.244 e. The molecule has 1 aromatic heterocycles. The fourth-order valence-corrected chi connectivity index (χ4v) is 3.41. The van der Waals surface area contributed by atoms with E-state index in [0.717, 1.165) is 0 Å². The molecule has 5 nitrogen and oxygen atoms in total. The highest BCUT2D eigenvalue weighted by atomic mass is 35.5. The summed E-state index contributed by atoms with van der Waals surface area (Å²) in [5, 5.41) is 0.335. The van der Waals surface area contributed by atoms with Crippen LogP contribution in [-0.2, 0) is 16.6 Å². The van der Waals surface area contributed by atoms with Crippen molar-refractivity contribution in [1.82, 2.24) is 4.72 Å². The molecule has 0 amide bonds. The van der Waals surface area contributed by atoms with Gasteiger partial charge in [0.25, 0.3) is 0 Å². The highest BCUT2D eigenvalue weighted by molar-refractivity contribution is 7.89. The number of furan rings is 1. The Kier molecular flexibility index (Phi) is 4.37. The maximum absolute atomic E-state index is 12.3. The molecule has 0 bridgehead atoms. The van der Waals surface area contributed by atoms with Crippen molar-refractivity contribution in [2.24, 2.45) is 0 Å². The lowest BCUT2D eigenvalue weighted by atomic mass is 10.2. The van der Waals surface area contributed by atoms with E-state index in [2.05, 4.69) is 4.72 Å². The molecule has 7 heteroatoms. The Morgan fingerprint density at radius 3 is 2.75 bits per heavy atom. The number of nitrogens with one attached hydrogen (secondary N) is 1. The van der Waals surface area contributed by atoms with E-state index in [1.165, 1.54) is 19.4 Å². The SMILES string of the molecule is COc1c(C)cc(Cl)cc1S(=O)(=O)NCc1ccco1. The van der Waals surface area contributed by atoms with Crippen LogP contribution in [0.5, 0.6) is 5.75 Å². The summed E-state index contributed by atoms with van der Waals surface area (Å²) in [7, 11) is -2.33.